The Morgan fingerprint density at radius 3 is 2.56 bits per heavy atom. The van der Waals surface area contributed by atoms with Crippen LogP contribution in [0.15, 0.2) is 41.5 Å². The van der Waals surface area contributed by atoms with Gasteiger partial charge in [-0.2, -0.15) is 5.10 Å². The molecule has 0 bridgehead atoms. The van der Waals surface area contributed by atoms with E-state index in [1.165, 1.54) is 13.3 Å². The number of amides is 1. The topological polar surface area (TPSA) is 69.2 Å². The molecule has 27 heavy (non-hydrogen) atoms. The van der Waals surface area contributed by atoms with Gasteiger partial charge in [-0.05, 0) is 62.7 Å². The molecule has 2 aromatic rings. The van der Waals surface area contributed by atoms with Crippen LogP contribution in [0.3, 0.4) is 0 Å². The average molecular weight is 391 g/mol. The molecular formula is C20H23ClN2O4. The summed E-state index contributed by atoms with van der Waals surface area (Å²) < 4.78 is 16.3. The molecule has 0 saturated carbocycles. The van der Waals surface area contributed by atoms with Crippen molar-refractivity contribution in [2.75, 3.05) is 13.7 Å². The Bertz CT molecular complexity index is 804. The largest absolute Gasteiger partial charge is 0.493 e. The van der Waals surface area contributed by atoms with E-state index in [1.54, 1.807) is 36.4 Å². The molecule has 1 N–H and O–H groups in total. The molecule has 1 amide bonds. The summed E-state index contributed by atoms with van der Waals surface area (Å²) in [6.07, 6.45) is 1.56. The van der Waals surface area contributed by atoms with Crippen LogP contribution in [0.1, 0.15) is 36.7 Å². The van der Waals surface area contributed by atoms with Crippen LogP contribution in [0, 0.1) is 0 Å². The Morgan fingerprint density at radius 1 is 1.26 bits per heavy atom. The minimum absolute atomic E-state index is 0.0761. The molecule has 7 heteroatoms. The van der Waals surface area contributed by atoms with Gasteiger partial charge in [-0.25, -0.2) is 5.43 Å². The van der Waals surface area contributed by atoms with Crippen LogP contribution in [0.25, 0.3) is 0 Å². The highest BCUT2D eigenvalue weighted by Gasteiger charge is 2.11. The molecule has 0 heterocycles. The number of hydrazone groups is 1. The SMILES string of the molecule is CCOc1c(Cl)cc(/C=N\NC(=O)c2ccc(OC(C)C)cc2)cc1OC. The normalized spacial score (nSPS) is 10.9. The number of ether oxygens (including phenoxy) is 3. The molecule has 0 spiro atoms. The van der Waals surface area contributed by atoms with Crippen molar-refractivity contribution in [1.82, 2.24) is 5.43 Å². The second-order valence-electron chi connectivity index (χ2n) is 5.86. The number of hydrogen-bond donors (Lipinski definition) is 1. The Labute approximate surface area is 164 Å². The predicted molar refractivity (Wildman–Crippen MR) is 106 cm³/mol. The summed E-state index contributed by atoms with van der Waals surface area (Å²) in [6.45, 7) is 6.22. The molecule has 2 aromatic carbocycles. The first-order valence-corrected chi connectivity index (χ1v) is 8.92. The summed E-state index contributed by atoms with van der Waals surface area (Å²) >= 11 is 6.21. The zero-order chi connectivity index (χ0) is 19.8. The monoisotopic (exact) mass is 390 g/mol. The van der Waals surface area contributed by atoms with E-state index in [-0.39, 0.29) is 12.0 Å². The lowest BCUT2D eigenvalue weighted by atomic mass is 10.2. The van der Waals surface area contributed by atoms with Gasteiger partial charge in [0.2, 0.25) is 0 Å². The Kier molecular flexibility index (Phi) is 7.49. The highest BCUT2D eigenvalue weighted by atomic mass is 35.5. The van der Waals surface area contributed by atoms with E-state index < -0.39 is 0 Å². The molecule has 6 nitrogen and oxygen atoms in total. The van der Waals surface area contributed by atoms with Crippen LogP contribution in [-0.4, -0.2) is 31.9 Å². The van der Waals surface area contributed by atoms with Crippen LogP contribution in [0.2, 0.25) is 5.02 Å². The number of halogens is 1. The Hall–Kier alpha value is -2.73. The summed E-state index contributed by atoms with van der Waals surface area (Å²) in [6, 6.07) is 10.3. The molecule has 0 aliphatic heterocycles. The summed E-state index contributed by atoms with van der Waals surface area (Å²) in [5, 5.41) is 4.38. The lowest BCUT2D eigenvalue weighted by Crippen LogP contribution is -2.17. The maximum atomic E-state index is 12.2. The third kappa shape index (κ3) is 5.89. The summed E-state index contributed by atoms with van der Waals surface area (Å²) in [4.78, 5) is 12.2. The van der Waals surface area contributed by atoms with Crippen LogP contribution >= 0.6 is 11.6 Å². The summed E-state index contributed by atoms with van der Waals surface area (Å²) in [5.41, 5.74) is 3.62. The van der Waals surface area contributed by atoms with Crippen molar-refractivity contribution in [3.8, 4) is 17.2 Å². The van der Waals surface area contributed by atoms with Gasteiger partial charge in [-0.15, -0.1) is 0 Å². The number of benzene rings is 2. The molecule has 0 aliphatic rings. The van der Waals surface area contributed by atoms with Crippen molar-refractivity contribution >= 4 is 23.7 Å². The number of carbonyl (C=O) groups is 1. The third-order valence-electron chi connectivity index (χ3n) is 3.41. The van der Waals surface area contributed by atoms with Gasteiger partial charge in [0.25, 0.3) is 5.91 Å². The highest BCUT2D eigenvalue weighted by Crippen LogP contribution is 2.35. The molecule has 0 radical (unpaired) electrons. The zero-order valence-corrected chi connectivity index (χ0v) is 16.5. The molecule has 2 rings (SSSR count). The van der Waals surface area contributed by atoms with Crippen LogP contribution in [0.4, 0.5) is 0 Å². The van der Waals surface area contributed by atoms with Crippen molar-refractivity contribution < 1.29 is 19.0 Å². The fraction of sp³-hybridized carbons (Fsp3) is 0.300. The van der Waals surface area contributed by atoms with Gasteiger partial charge < -0.3 is 14.2 Å². The van der Waals surface area contributed by atoms with E-state index in [9.17, 15) is 4.79 Å². The Morgan fingerprint density at radius 2 is 1.96 bits per heavy atom. The first-order chi connectivity index (χ1) is 12.9. The molecular weight excluding hydrogens is 368 g/mol. The summed E-state index contributed by atoms with van der Waals surface area (Å²) in [7, 11) is 1.53. The molecule has 0 aromatic heterocycles. The molecule has 0 atom stereocenters. The first-order valence-electron chi connectivity index (χ1n) is 8.55. The number of hydrogen-bond acceptors (Lipinski definition) is 5. The minimum Gasteiger partial charge on any atom is -0.493 e. The maximum Gasteiger partial charge on any atom is 0.271 e. The first kappa shape index (κ1) is 20.6. The number of rotatable bonds is 8. The number of nitrogens with zero attached hydrogens (tertiary/aromatic N) is 1. The van der Waals surface area contributed by atoms with Gasteiger partial charge >= 0.3 is 0 Å². The average Bonchev–Trinajstić information content (AvgIpc) is 2.63. The van der Waals surface area contributed by atoms with E-state index in [1.807, 2.05) is 20.8 Å². The smallest absolute Gasteiger partial charge is 0.271 e. The number of nitrogens with one attached hydrogen (secondary N) is 1. The predicted octanol–water partition coefficient (Wildman–Crippen LogP) is 4.30. The second kappa shape index (κ2) is 9.83. The van der Waals surface area contributed by atoms with E-state index in [4.69, 9.17) is 25.8 Å². The van der Waals surface area contributed by atoms with Gasteiger partial charge in [-0.3, -0.25) is 4.79 Å². The van der Waals surface area contributed by atoms with Gasteiger partial charge in [0.05, 0.1) is 31.1 Å². The molecule has 0 saturated heterocycles. The van der Waals surface area contributed by atoms with Crippen LogP contribution in [-0.2, 0) is 0 Å². The standard InChI is InChI=1S/C20H23ClN2O4/c1-5-26-19-17(21)10-14(11-18(19)25-4)12-22-23-20(24)15-6-8-16(9-7-15)27-13(2)3/h6-13H,5H2,1-4H3,(H,23,24)/b22-12-. The van der Waals surface area contributed by atoms with Crippen LogP contribution in [0.5, 0.6) is 17.2 Å². The number of carbonyl (C=O) groups excluding carboxylic acids is 1. The van der Waals surface area contributed by atoms with Crippen molar-refractivity contribution in [2.24, 2.45) is 5.10 Å². The van der Waals surface area contributed by atoms with Gasteiger partial charge in [-0.1, -0.05) is 11.6 Å². The van der Waals surface area contributed by atoms with Crippen molar-refractivity contribution in [2.45, 2.75) is 26.9 Å². The van der Waals surface area contributed by atoms with E-state index in [2.05, 4.69) is 10.5 Å². The minimum atomic E-state index is -0.327. The lowest BCUT2D eigenvalue weighted by molar-refractivity contribution is 0.0955. The van der Waals surface area contributed by atoms with Crippen molar-refractivity contribution in [3.63, 3.8) is 0 Å². The quantitative estimate of drug-likeness (QED) is 0.539. The van der Waals surface area contributed by atoms with Gasteiger partial charge in [0, 0.05) is 5.56 Å². The molecule has 0 fully saturated rings. The lowest BCUT2D eigenvalue weighted by Gasteiger charge is -2.11. The second-order valence-corrected chi connectivity index (χ2v) is 6.26. The van der Waals surface area contributed by atoms with Crippen LogP contribution < -0.4 is 19.6 Å². The molecule has 0 aliphatic carbocycles. The highest BCUT2D eigenvalue weighted by molar-refractivity contribution is 6.32. The van der Waals surface area contributed by atoms with Crippen molar-refractivity contribution in [3.05, 3.63) is 52.5 Å². The van der Waals surface area contributed by atoms with Gasteiger partial charge in [0.1, 0.15) is 5.75 Å². The molecule has 0 unspecified atom stereocenters. The number of methoxy groups -OCH3 is 1. The zero-order valence-electron chi connectivity index (χ0n) is 15.8. The Balaban J connectivity index is 2.04. The molecule has 144 valence electrons. The summed E-state index contributed by atoms with van der Waals surface area (Å²) in [5.74, 6) is 1.36. The van der Waals surface area contributed by atoms with E-state index in [0.29, 0.717) is 40.0 Å². The fourth-order valence-corrected chi connectivity index (χ4v) is 2.56. The maximum absolute atomic E-state index is 12.2. The van der Waals surface area contributed by atoms with Crippen molar-refractivity contribution in [1.29, 1.82) is 0 Å². The third-order valence-corrected chi connectivity index (χ3v) is 3.69. The van der Waals surface area contributed by atoms with Gasteiger partial charge in [0.15, 0.2) is 11.5 Å². The van der Waals surface area contributed by atoms with E-state index >= 15 is 0 Å². The fourth-order valence-electron chi connectivity index (χ4n) is 2.29. The van der Waals surface area contributed by atoms with E-state index in [0.717, 1.165) is 0 Å².